The van der Waals surface area contributed by atoms with Crippen molar-refractivity contribution in [2.24, 2.45) is 0 Å². The molecule has 0 atom stereocenters. The summed E-state index contributed by atoms with van der Waals surface area (Å²) in [6, 6.07) is 5.09. The molecule has 1 aromatic rings. The number of esters is 1. The lowest BCUT2D eigenvalue weighted by molar-refractivity contribution is -0.134. The summed E-state index contributed by atoms with van der Waals surface area (Å²) in [5.41, 5.74) is 0. The van der Waals surface area contributed by atoms with Gasteiger partial charge >= 0.3 is 5.97 Å². The molecule has 0 aliphatic carbocycles. The highest BCUT2D eigenvalue weighted by Crippen LogP contribution is 2.17. The lowest BCUT2D eigenvalue weighted by Crippen LogP contribution is -2.07. The summed E-state index contributed by atoms with van der Waals surface area (Å²) in [7, 11) is -4.22. The van der Waals surface area contributed by atoms with Gasteiger partial charge in [-0.15, -0.1) is 6.58 Å². The van der Waals surface area contributed by atoms with Crippen molar-refractivity contribution in [3.63, 3.8) is 0 Å². The number of benzene rings is 1. The molecule has 5 nitrogen and oxygen atoms in total. The van der Waals surface area contributed by atoms with Gasteiger partial charge < -0.3 is 4.74 Å². The van der Waals surface area contributed by atoms with E-state index in [0.717, 1.165) is 25.7 Å². The zero-order valence-corrected chi connectivity index (χ0v) is 14.1. The molecular formula is C17H24O5S. The molecule has 1 aromatic carbocycles. The van der Waals surface area contributed by atoms with Gasteiger partial charge in [0.2, 0.25) is 0 Å². The van der Waals surface area contributed by atoms with E-state index in [1.807, 2.05) is 6.08 Å². The average Bonchev–Trinajstić information content (AvgIpc) is 2.49. The van der Waals surface area contributed by atoms with Gasteiger partial charge in [0, 0.05) is 6.42 Å². The van der Waals surface area contributed by atoms with Gasteiger partial charge in [0.1, 0.15) is 5.75 Å². The fraction of sp³-hybridized carbons (Fsp3) is 0.471. The second-order valence-corrected chi connectivity index (χ2v) is 6.79. The Kier molecular flexibility index (Phi) is 8.58. The highest BCUT2D eigenvalue weighted by atomic mass is 32.2. The Morgan fingerprint density at radius 2 is 1.61 bits per heavy atom. The Bertz CT molecular complexity index is 590. The number of rotatable bonds is 11. The van der Waals surface area contributed by atoms with Crippen molar-refractivity contribution < 1.29 is 22.5 Å². The maximum absolute atomic E-state index is 11.7. The molecule has 0 saturated heterocycles. The fourth-order valence-electron chi connectivity index (χ4n) is 2.13. The lowest BCUT2D eigenvalue weighted by Gasteiger charge is -2.05. The molecule has 1 rings (SSSR count). The molecule has 128 valence electrons. The van der Waals surface area contributed by atoms with Crippen LogP contribution >= 0.6 is 0 Å². The molecule has 0 amide bonds. The molecule has 0 heterocycles. The average molecular weight is 340 g/mol. The topological polar surface area (TPSA) is 80.7 Å². The Morgan fingerprint density at radius 1 is 1.04 bits per heavy atom. The van der Waals surface area contributed by atoms with Crippen molar-refractivity contribution >= 4 is 16.1 Å². The van der Waals surface area contributed by atoms with E-state index >= 15 is 0 Å². The minimum atomic E-state index is -4.22. The SMILES string of the molecule is C=CCCCCCCCCC(=O)Oc1ccc(S(=O)(=O)O)cc1. The van der Waals surface area contributed by atoms with E-state index in [0.29, 0.717) is 6.42 Å². The normalized spacial score (nSPS) is 11.2. The van der Waals surface area contributed by atoms with Gasteiger partial charge in [-0.2, -0.15) is 8.42 Å². The van der Waals surface area contributed by atoms with Gasteiger partial charge in [-0.3, -0.25) is 9.35 Å². The van der Waals surface area contributed by atoms with Gasteiger partial charge in [-0.25, -0.2) is 0 Å². The largest absolute Gasteiger partial charge is 0.427 e. The minimum Gasteiger partial charge on any atom is -0.427 e. The molecule has 0 unspecified atom stereocenters. The van der Waals surface area contributed by atoms with Gasteiger partial charge in [0.05, 0.1) is 4.90 Å². The number of carbonyl (C=O) groups is 1. The molecule has 0 saturated carbocycles. The standard InChI is InChI=1S/C17H24O5S/c1-2-3-4-5-6-7-8-9-10-17(18)22-15-11-13-16(14-12-15)23(19,20)21/h2,11-14H,1,3-10H2,(H,19,20,21). The van der Waals surface area contributed by atoms with Crippen molar-refractivity contribution in [1.29, 1.82) is 0 Å². The Balaban J connectivity index is 2.20. The third-order valence-electron chi connectivity index (χ3n) is 3.39. The summed E-state index contributed by atoms with van der Waals surface area (Å²) in [6.07, 6.45) is 9.73. The molecule has 6 heteroatoms. The molecule has 0 bridgehead atoms. The fourth-order valence-corrected chi connectivity index (χ4v) is 2.61. The van der Waals surface area contributed by atoms with Gasteiger partial charge in [-0.05, 0) is 43.5 Å². The summed E-state index contributed by atoms with van der Waals surface area (Å²) in [5.74, 6) is -0.0666. The van der Waals surface area contributed by atoms with Gasteiger partial charge in [-0.1, -0.05) is 31.8 Å². The highest BCUT2D eigenvalue weighted by molar-refractivity contribution is 7.85. The van der Waals surface area contributed by atoms with Crippen LogP contribution in [0.25, 0.3) is 0 Å². The van der Waals surface area contributed by atoms with E-state index < -0.39 is 10.1 Å². The van der Waals surface area contributed by atoms with Crippen LogP contribution in [0.1, 0.15) is 51.4 Å². The number of ether oxygens (including phenoxy) is 1. The number of hydrogen-bond donors (Lipinski definition) is 1. The van der Waals surface area contributed by atoms with Crippen molar-refractivity contribution in [2.75, 3.05) is 0 Å². The third-order valence-corrected chi connectivity index (χ3v) is 4.26. The van der Waals surface area contributed by atoms with Crippen LogP contribution in [0.3, 0.4) is 0 Å². The zero-order chi connectivity index (χ0) is 17.1. The number of hydrogen-bond acceptors (Lipinski definition) is 4. The predicted octanol–water partition coefficient (Wildman–Crippen LogP) is 4.15. The van der Waals surface area contributed by atoms with Crippen molar-refractivity contribution in [2.45, 2.75) is 56.3 Å². The molecular weight excluding hydrogens is 316 g/mol. The Labute approximate surface area is 138 Å². The zero-order valence-electron chi connectivity index (χ0n) is 13.2. The highest BCUT2D eigenvalue weighted by Gasteiger charge is 2.10. The Morgan fingerprint density at radius 3 is 2.17 bits per heavy atom. The smallest absolute Gasteiger partial charge is 0.311 e. The first-order chi connectivity index (χ1) is 10.9. The summed E-state index contributed by atoms with van der Waals surface area (Å²) in [4.78, 5) is 11.4. The van der Waals surface area contributed by atoms with Crippen LogP contribution in [0, 0.1) is 0 Å². The molecule has 0 fully saturated rings. The molecule has 23 heavy (non-hydrogen) atoms. The molecule has 0 aliphatic rings. The second-order valence-electron chi connectivity index (χ2n) is 5.37. The van der Waals surface area contributed by atoms with Crippen LogP contribution in [0.4, 0.5) is 0 Å². The van der Waals surface area contributed by atoms with Crippen LogP contribution in [0.15, 0.2) is 41.8 Å². The maximum Gasteiger partial charge on any atom is 0.311 e. The van der Waals surface area contributed by atoms with Crippen molar-refractivity contribution in [3.05, 3.63) is 36.9 Å². The first-order valence-corrected chi connectivity index (χ1v) is 9.26. The second kappa shape index (κ2) is 10.2. The van der Waals surface area contributed by atoms with Crippen LogP contribution < -0.4 is 4.74 Å². The van der Waals surface area contributed by atoms with Crippen LogP contribution in [0.2, 0.25) is 0 Å². The van der Waals surface area contributed by atoms with Crippen molar-refractivity contribution in [3.8, 4) is 5.75 Å². The summed E-state index contributed by atoms with van der Waals surface area (Å²) < 4.78 is 35.8. The van der Waals surface area contributed by atoms with Crippen molar-refractivity contribution in [1.82, 2.24) is 0 Å². The maximum atomic E-state index is 11.7. The predicted molar refractivity (Wildman–Crippen MR) is 89.0 cm³/mol. The first kappa shape index (κ1) is 19.4. The van der Waals surface area contributed by atoms with E-state index in [-0.39, 0.29) is 16.6 Å². The van der Waals surface area contributed by atoms with Gasteiger partial charge in [0.25, 0.3) is 10.1 Å². The van der Waals surface area contributed by atoms with Gasteiger partial charge in [0.15, 0.2) is 0 Å². The Hall–Kier alpha value is -1.66. The molecule has 0 radical (unpaired) electrons. The van der Waals surface area contributed by atoms with Crippen LogP contribution in [-0.2, 0) is 14.9 Å². The van der Waals surface area contributed by atoms with Crippen LogP contribution in [-0.4, -0.2) is 18.9 Å². The molecule has 0 aromatic heterocycles. The van der Waals surface area contributed by atoms with Crippen LogP contribution in [0.5, 0.6) is 5.75 Å². The number of carbonyl (C=O) groups excluding carboxylic acids is 1. The van der Waals surface area contributed by atoms with E-state index in [2.05, 4.69) is 6.58 Å². The number of allylic oxidation sites excluding steroid dienone is 1. The van der Waals surface area contributed by atoms with E-state index in [1.165, 1.54) is 43.5 Å². The monoisotopic (exact) mass is 340 g/mol. The molecule has 0 aliphatic heterocycles. The van der Waals surface area contributed by atoms with E-state index in [9.17, 15) is 13.2 Å². The quantitative estimate of drug-likeness (QED) is 0.215. The third kappa shape index (κ3) is 8.52. The molecule has 0 spiro atoms. The number of unbranched alkanes of at least 4 members (excludes halogenated alkanes) is 6. The summed E-state index contributed by atoms with van der Waals surface area (Å²) >= 11 is 0. The minimum absolute atomic E-state index is 0.228. The first-order valence-electron chi connectivity index (χ1n) is 7.82. The lowest BCUT2D eigenvalue weighted by atomic mass is 10.1. The molecule has 1 N–H and O–H groups in total. The van der Waals surface area contributed by atoms with E-state index in [4.69, 9.17) is 9.29 Å². The summed E-state index contributed by atoms with van der Waals surface area (Å²) in [6.45, 7) is 3.68. The summed E-state index contributed by atoms with van der Waals surface area (Å²) in [5, 5.41) is 0. The van der Waals surface area contributed by atoms with E-state index in [1.54, 1.807) is 0 Å².